The molecule has 2 atom stereocenters. The molecule has 0 saturated heterocycles. The van der Waals surface area contributed by atoms with Crippen LogP contribution in [0.2, 0.25) is 0 Å². The van der Waals surface area contributed by atoms with Crippen molar-refractivity contribution in [2.75, 3.05) is 7.11 Å². The maximum atomic E-state index is 12.7. The lowest BCUT2D eigenvalue weighted by Crippen LogP contribution is -2.38. The Labute approximate surface area is 123 Å². The van der Waals surface area contributed by atoms with Crippen LogP contribution in [-0.2, 0) is 14.6 Å². The largest absolute Gasteiger partial charge is 0.453 e. The van der Waals surface area contributed by atoms with Crippen molar-refractivity contribution in [3.63, 3.8) is 0 Å². The molecule has 21 heavy (non-hydrogen) atoms. The number of hydrogen-bond donors (Lipinski definition) is 0. The van der Waals surface area contributed by atoms with Crippen LogP contribution in [0.1, 0.15) is 5.56 Å². The molecule has 2 aliphatic rings. The van der Waals surface area contributed by atoms with Gasteiger partial charge in [-0.05, 0) is 25.1 Å². The van der Waals surface area contributed by atoms with Gasteiger partial charge in [0, 0.05) is 0 Å². The molecular weight excluding hydrogens is 290 g/mol. The topological polar surface area (TPSA) is 63.7 Å². The molecule has 5 nitrogen and oxygen atoms in total. The fourth-order valence-corrected chi connectivity index (χ4v) is 4.26. The molecule has 0 aromatic heterocycles. The Hall–Kier alpha value is -2.08. The van der Waals surface area contributed by atoms with Gasteiger partial charge in [-0.2, -0.15) is 0 Å². The maximum Gasteiger partial charge on any atom is 0.411 e. The summed E-state index contributed by atoms with van der Waals surface area (Å²) in [6, 6.07) is 5.77. The molecule has 1 aromatic carbocycles. The Morgan fingerprint density at radius 2 is 1.86 bits per heavy atom. The van der Waals surface area contributed by atoms with Gasteiger partial charge in [-0.1, -0.05) is 29.8 Å². The fraction of sp³-hybridized carbons (Fsp3) is 0.267. The van der Waals surface area contributed by atoms with Crippen molar-refractivity contribution in [2.45, 2.75) is 23.9 Å². The van der Waals surface area contributed by atoms with E-state index in [0.717, 1.165) is 5.56 Å². The number of carbonyl (C=O) groups is 1. The summed E-state index contributed by atoms with van der Waals surface area (Å²) >= 11 is 0. The molecule has 1 amide bonds. The van der Waals surface area contributed by atoms with E-state index in [-0.39, 0.29) is 15.8 Å². The number of rotatable bonds is 2. The number of nitrogens with zero attached hydrogens (tertiary/aromatic N) is 1. The first kappa shape index (κ1) is 13.9. The SMILES string of the molecule is COC(=O)N1[C@@H]2C=C[C@H]1C(S(=O)(=O)c1ccc(C)cc1)=C2. The van der Waals surface area contributed by atoms with Crippen molar-refractivity contribution in [2.24, 2.45) is 0 Å². The molecule has 2 aliphatic heterocycles. The lowest BCUT2D eigenvalue weighted by molar-refractivity contribution is 0.123. The van der Waals surface area contributed by atoms with Crippen molar-refractivity contribution in [1.82, 2.24) is 4.90 Å². The van der Waals surface area contributed by atoms with Gasteiger partial charge in [-0.25, -0.2) is 13.2 Å². The second kappa shape index (κ2) is 4.73. The van der Waals surface area contributed by atoms with Crippen LogP contribution in [0.25, 0.3) is 0 Å². The first-order valence-corrected chi connectivity index (χ1v) is 8.01. The van der Waals surface area contributed by atoms with Crippen LogP contribution in [0, 0.1) is 6.92 Å². The van der Waals surface area contributed by atoms with Crippen molar-refractivity contribution < 1.29 is 17.9 Å². The molecule has 0 spiro atoms. The highest BCUT2D eigenvalue weighted by Crippen LogP contribution is 2.37. The smallest absolute Gasteiger partial charge is 0.411 e. The molecule has 0 N–H and O–H groups in total. The highest BCUT2D eigenvalue weighted by atomic mass is 32.2. The third kappa shape index (κ3) is 2.06. The molecule has 0 unspecified atom stereocenters. The molecule has 2 bridgehead atoms. The maximum absolute atomic E-state index is 12.7. The highest BCUT2D eigenvalue weighted by Gasteiger charge is 2.45. The average molecular weight is 305 g/mol. The van der Waals surface area contributed by atoms with Crippen molar-refractivity contribution in [3.05, 3.63) is 53.0 Å². The lowest BCUT2D eigenvalue weighted by atomic mass is 10.2. The normalized spacial score (nSPS) is 23.3. The fourth-order valence-electron chi connectivity index (χ4n) is 2.67. The van der Waals surface area contributed by atoms with E-state index in [1.54, 1.807) is 42.5 Å². The van der Waals surface area contributed by atoms with E-state index in [4.69, 9.17) is 4.74 Å². The molecule has 110 valence electrons. The molecule has 3 rings (SSSR count). The van der Waals surface area contributed by atoms with E-state index < -0.39 is 22.0 Å². The molecule has 1 aromatic rings. The highest BCUT2D eigenvalue weighted by molar-refractivity contribution is 7.95. The van der Waals surface area contributed by atoms with Gasteiger partial charge in [-0.15, -0.1) is 0 Å². The van der Waals surface area contributed by atoms with Crippen molar-refractivity contribution >= 4 is 15.9 Å². The number of sulfone groups is 1. The third-order valence-electron chi connectivity index (χ3n) is 3.77. The number of methoxy groups -OCH3 is 1. The predicted octanol–water partition coefficient (Wildman–Crippen LogP) is 2.04. The molecule has 0 aliphatic carbocycles. The molecular formula is C15H15NO4S. The zero-order valence-electron chi connectivity index (χ0n) is 11.7. The van der Waals surface area contributed by atoms with Crippen LogP contribution in [0.4, 0.5) is 4.79 Å². The van der Waals surface area contributed by atoms with Crippen molar-refractivity contribution in [1.29, 1.82) is 0 Å². The van der Waals surface area contributed by atoms with E-state index in [2.05, 4.69) is 0 Å². The van der Waals surface area contributed by atoms with Crippen LogP contribution < -0.4 is 0 Å². The van der Waals surface area contributed by atoms with Gasteiger partial charge in [0.1, 0.15) is 0 Å². The third-order valence-corrected chi connectivity index (χ3v) is 5.66. The number of aryl methyl sites for hydroxylation is 1. The van der Waals surface area contributed by atoms with Crippen LogP contribution in [-0.4, -0.2) is 38.6 Å². The number of benzene rings is 1. The first-order valence-electron chi connectivity index (χ1n) is 6.53. The van der Waals surface area contributed by atoms with Crippen LogP contribution in [0.3, 0.4) is 0 Å². The Kier molecular flexibility index (Phi) is 3.13. The van der Waals surface area contributed by atoms with Gasteiger partial charge in [0.25, 0.3) is 0 Å². The second-order valence-corrected chi connectivity index (χ2v) is 7.03. The Morgan fingerprint density at radius 1 is 1.19 bits per heavy atom. The summed E-state index contributed by atoms with van der Waals surface area (Å²) in [6.07, 6.45) is 4.61. The predicted molar refractivity (Wildman–Crippen MR) is 77.4 cm³/mol. The molecule has 0 saturated carbocycles. The number of hydrogen-bond acceptors (Lipinski definition) is 4. The summed E-state index contributed by atoms with van der Waals surface area (Å²) in [5.41, 5.74) is 0.993. The standard InChI is InChI=1S/C15H15NO4S/c1-10-3-6-12(7-4-10)21(18,19)14-9-11-5-8-13(14)16(11)15(17)20-2/h3-9,11,13H,1-2H3/t11-,13+/m1/s1. The van der Waals surface area contributed by atoms with Crippen LogP contribution in [0.5, 0.6) is 0 Å². The second-order valence-electron chi connectivity index (χ2n) is 5.08. The van der Waals surface area contributed by atoms with Gasteiger partial charge in [-0.3, -0.25) is 4.90 Å². The zero-order chi connectivity index (χ0) is 15.2. The number of amides is 1. The summed E-state index contributed by atoms with van der Waals surface area (Å²) in [5.74, 6) is 0. The first-order chi connectivity index (χ1) is 9.95. The quantitative estimate of drug-likeness (QED) is 0.784. The summed E-state index contributed by atoms with van der Waals surface area (Å²) in [7, 11) is -2.31. The summed E-state index contributed by atoms with van der Waals surface area (Å²) in [6.45, 7) is 1.90. The van der Waals surface area contributed by atoms with E-state index >= 15 is 0 Å². The Balaban J connectivity index is 1.97. The van der Waals surface area contributed by atoms with Gasteiger partial charge >= 0.3 is 6.09 Å². The molecule has 0 fully saturated rings. The van der Waals surface area contributed by atoms with E-state index in [1.807, 2.05) is 6.92 Å². The molecule has 2 heterocycles. The van der Waals surface area contributed by atoms with Gasteiger partial charge in [0.2, 0.25) is 9.84 Å². The van der Waals surface area contributed by atoms with E-state index in [0.29, 0.717) is 0 Å². The number of carbonyl (C=O) groups excluding carboxylic acids is 1. The minimum atomic E-state index is -3.60. The Morgan fingerprint density at radius 3 is 2.48 bits per heavy atom. The van der Waals surface area contributed by atoms with E-state index in [1.165, 1.54) is 12.0 Å². The Bertz CT molecular complexity index is 746. The summed E-state index contributed by atoms with van der Waals surface area (Å²) < 4.78 is 30.1. The van der Waals surface area contributed by atoms with Gasteiger partial charge < -0.3 is 4.74 Å². The average Bonchev–Trinajstić information content (AvgIpc) is 3.05. The van der Waals surface area contributed by atoms with Gasteiger partial charge in [0.05, 0.1) is 29.0 Å². The van der Waals surface area contributed by atoms with Crippen molar-refractivity contribution in [3.8, 4) is 0 Å². The van der Waals surface area contributed by atoms with Crippen LogP contribution >= 0.6 is 0 Å². The lowest BCUT2D eigenvalue weighted by Gasteiger charge is -2.22. The minimum Gasteiger partial charge on any atom is -0.453 e. The van der Waals surface area contributed by atoms with E-state index in [9.17, 15) is 13.2 Å². The number of ether oxygens (including phenoxy) is 1. The monoisotopic (exact) mass is 305 g/mol. The van der Waals surface area contributed by atoms with Gasteiger partial charge in [0.15, 0.2) is 0 Å². The number of fused-ring (bicyclic) bond motifs is 2. The molecule has 0 radical (unpaired) electrons. The summed E-state index contributed by atoms with van der Waals surface area (Å²) in [4.78, 5) is 13.7. The summed E-state index contributed by atoms with van der Waals surface area (Å²) in [5, 5.41) is 0. The molecule has 6 heteroatoms. The zero-order valence-corrected chi connectivity index (χ0v) is 12.5. The minimum absolute atomic E-state index is 0.240. The van der Waals surface area contributed by atoms with Crippen LogP contribution in [0.15, 0.2) is 52.3 Å².